The van der Waals surface area contributed by atoms with Crippen LogP contribution in [0.1, 0.15) is 5.56 Å². The van der Waals surface area contributed by atoms with E-state index in [4.69, 9.17) is 4.74 Å². The summed E-state index contributed by atoms with van der Waals surface area (Å²) in [5, 5.41) is 0. The molecule has 0 aromatic heterocycles. The second-order valence-electron chi connectivity index (χ2n) is 2.25. The van der Waals surface area contributed by atoms with Crippen LogP contribution in [0.4, 0.5) is 0 Å². The zero-order valence-electron chi connectivity index (χ0n) is 5.93. The zero-order chi connectivity index (χ0) is 6.81. The van der Waals surface area contributed by atoms with Crippen LogP contribution in [0.3, 0.4) is 0 Å². The normalized spacial score (nSPS) is 11.7. The first-order valence-electron chi connectivity index (χ1n) is 3.35. The van der Waals surface area contributed by atoms with E-state index >= 15 is 0 Å². The molecular weight excluding hydrogens is 191 g/mol. The Morgan fingerprint density at radius 3 is 2.67 bits per heavy atom. The Hall–Kier alpha value is -0.656. The van der Waals surface area contributed by atoms with Crippen molar-refractivity contribution >= 4 is 14.5 Å². The first kappa shape index (κ1) is 11.3. The fraction of sp³-hybridized carbons (Fsp3) is 0.111. The van der Waals surface area contributed by atoms with Gasteiger partial charge in [-0.1, -0.05) is 24.3 Å². The number of hydrogen-bond acceptors (Lipinski definition) is 1. The molecule has 1 heterocycles. The molecule has 2 rings (SSSR count). The van der Waals surface area contributed by atoms with Crippen LogP contribution in [0.5, 0.6) is 5.75 Å². The van der Waals surface area contributed by atoms with Gasteiger partial charge in [0.05, 0.1) is 8.41 Å². The van der Waals surface area contributed by atoms with Crippen LogP contribution in [-0.2, 0) is 17.1 Å². The molecule has 0 bridgehead atoms. The van der Waals surface area contributed by atoms with Gasteiger partial charge in [-0.3, -0.25) is 0 Å². The Bertz CT molecular complexity index is 273. The smallest absolute Gasteiger partial charge is 0.126 e. The van der Waals surface area contributed by atoms with E-state index in [0.29, 0.717) is 6.61 Å². The molecule has 1 aliphatic heterocycles. The van der Waals surface area contributed by atoms with Gasteiger partial charge in [-0.2, -0.15) is 0 Å². The van der Waals surface area contributed by atoms with Gasteiger partial charge in [0.1, 0.15) is 12.4 Å². The van der Waals surface area contributed by atoms with Crippen molar-refractivity contribution in [3.63, 3.8) is 0 Å². The number of benzene rings is 1. The van der Waals surface area contributed by atoms with E-state index in [1.807, 2.05) is 30.3 Å². The molecule has 0 unspecified atom stereocenters. The summed E-state index contributed by atoms with van der Waals surface area (Å²) < 4.78 is 5.34. The van der Waals surface area contributed by atoms with Gasteiger partial charge in [0.15, 0.2) is 0 Å². The minimum atomic E-state index is 0. The molecule has 1 aliphatic rings. The van der Waals surface area contributed by atoms with E-state index in [1.54, 1.807) is 0 Å². The van der Waals surface area contributed by atoms with E-state index in [2.05, 4.69) is 6.08 Å². The van der Waals surface area contributed by atoms with E-state index in [0.717, 1.165) is 5.75 Å². The summed E-state index contributed by atoms with van der Waals surface area (Å²) in [6.45, 7) is 0.705. The van der Waals surface area contributed by atoms with Crippen molar-refractivity contribution < 1.29 is 21.8 Å². The van der Waals surface area contributed by atoms with Crippen LogP contribution in [0, 0.1) is 0 Å². The van der Waals surface area contributed by atoms with Crippen molar-refractivity contribution in [1.29, 1.82) is 0 Å². The van der Waals surface area contributed by atoms with Crippen LogP contribution in [0.25, 0.3) is 6.08 Å². The minimum Gasteiger partial charge on any atom is -0.489 e. The molecule has 3 heteroatoms. The Morgan fingerprint density at radius 1 is 1.17 bits per heavy atom. The topological polar surface area (TPSA) is 9.23 Å². The second kappa shape index (κ2) is 5.07. The minimum absolute atomic E-state index is 0. The van der Waals surface area contributed by atoms with E-state index in [-0.39, 0.29) is 25.5 Å². The predicted molar refractivity (Wildman–Crippen MR) is 50.9 cm³/mol. The zero-order valence-corrected chi connectivity index (χ0v) is 7.04. The summed E-state index contributed by atoms with van der Waals surface area (Å²) in [6.07, 6.45) is 4.10. The van der Waals surface area contributed by atoms with Gasteiger partial charge >= 0.3 is 0 Å². The molecule has 0 spiro atoms. The number of para-hydroxylation sites is 1. The Kier molecular flexibility index (Phi) is 4.80. The molecule has 64 valence electrons. The van der Waals surface area contributed by atoms with Gasteiger partial charge < -0.3 is 4.74 Å². The summed E-state index contributed by atoms with van der Waals surface area (Å²) in [5.41, 5.74) is 1.17. The third-order valence-corrected chi connectivity index (χ3v) is 1.55. The van der Waals surface area contributed by atoms with Crippen LogP contribution in [0.2, 0.25) is 0 Å². The molecule has 0 saturated heterocycles. The van der Waals surface area contributed by atoms with Crippen molar-refractivity contribution in [2.75, 3.05) is 6.61 Å². The molecule has 0 amide bonds. The third-order valence-electron chi connectivity index (χ3n) is 1.55. The molecule has 0 saturated carbocycles. The Morgan fingerprint density at radius 2 is 1.92 bits per heavy atom. The maximum atomic E-state index is 5.34. The van der Waals surface area contributed by atoms with Gasteiger partial charge in [0.25, 0.3) is 0 Å². The molecule has 0 radical (unpaired) electrons. The number of rotatable bonds is 0. The second-order valence-corrected chi connectivity index (χ2v) is 2.25. The van der Waals surface area contributed by atoms with Crippen LogP contribution in [-0.4, -0.2) is 15.0 Å². The Labute approximate surface area is 84.9 Å². The fourth-order valence-electron chi connectivity index (χ4n) is 1.06. The van der Waals surface area contributed by atoms with Gasteiger partial charge in [-0.05, 0) is 12.1 Å². The molecular formula is C9H11BFeO. The maximum Gasteiger partial charge on any atom is 0.126 e. The third kappa shape index (κ3) is 2.16. The number of ether oxygens (including phenoxy) is 1. The first-order chi connectivity index (χ1) is 4.97. The number of fused-ring (bicyclic) bond motifs is 1. The van der Waals surface area contributed by atoms with Crippen molar-refractivity contribution in [1.82, 2.24) is 0 Å². The summed E-state index contributed by atoms with van der Waals surface area (Å²) in [7, 11) is 0. The van der Waals surface area contributed by atoms with Crippen molar-refractivity contribution in [2.24, 2.45) is 0 Å². The molecule has 0 N–H and O–H groups in total. The van der Waals surface area contributed by atoms with Gasteiger partial charge in [0, 0.05) is 22.6 Å². The molecule has 0 aliphatic carbocycles. The van der Waals surface area contributed by atoms with Gasteiger partial charge in [0.2, 0.25) is 0 Å². The van der Waals surface area contributed by atoms with E-state index < -0.39 is 0 Å². The van der Waals surface area contributed by atoms with Gasteiger partial charge in [-0.25, -0.2) is 0 Å². The van der Waals surface area contributed by atoms with Crippen molar-refractivity contribution in [2.45, 2.75) is 0 Å². The molecule has 12 heavy (non-hydrogen) atoms. The Balaban J connectivity index is 0.000000605. The SMILES string of the molecule is B.C1=Cc2ccccc2OC1.[Fe]. The molecule has 1 aromatic carbocycles. The monoisotopic (exact) mass is 202 g/mol. The fourth-order valence-corrected chi connectivity index (χ4v) is 1.06. The van der Waals surface area contributed by atoms with Crippen LogP contribution >= 0.6 is 0 Å². The average molecular weight is 202 g/mol. The average Bonchev–Trinajstić information content (AvgIpc) is 2.05. The van der Waals surface area contributed by atoms with Crippen molar-refractivity contribution in [3.8, 4) is 5.75 Å². The molecule has 1 nitrogen and oxygen atoms in total. The van der Waals surface area contributed by atoms with Crippen LogP contribution < -0.4 is 4.74 Å². The van der Waals surface area contributed by atoms with Crippen molar-refractivity contribution in [3.05, 3.63) is 35.9 Å². The largest absolute Gasteiger partial charge is 0.489 e. The summed E-state index contributed by atoms with van der Waals surface area (Å²) in [4.78, 5) is 0. The van der Waals surface area contributed by atoms with E-state index in [9.17, 15) is 0 Å². The molecule has 0 atom stereocenters. The summed E-state index contributed by atoms with van der Waals surface area (Å²) in [6, 6.07) is 8.03. The first-order valence-corrected chi connectivity index (χ1v) is 3.35. The summed E-state index contributed by atoms with van der Waals surface area (Å²) in [5.74, 6) is 0.991. The molecule has 1 aromatic rings. The van der Waals surface area contributed by atoms with Gasteiger partial charge in [-0.15, -0.1) is 0 Å². The molecule has 0 fully saturated rings. The quantitative estimate of drug-likeness (QED) is 0.568. The predicted octanol–water partition coefficient (Wildman–Crippen LogP) is 0.906. The summed E-state index contributed by atoms with van der Waals surface area (Å²) >= 11 is 0. The van der Waals surface area contributed by atoms with Crippen LogP contribution in [0.15, 0.2) is 30.3 Å². The van der Waals surface area contributed by atoms with E-state index in [1.165, 1.54) is 5.56 Å². The standard InChI is InChI=1S/C9H8O.BH3.Fe/c1-2-6-9-8(4-1)5-3-7-10-9;;/h1-6H,7H2;1H3;. The number of hydrogen-bond donors (Lipinski definition) is 0. The maximum absolute atomic E-state index is 5.34.